The van der Waals surface area contributed by atoms with E-state index in [-0.39, 0.29) is 0 Å². The highest BCUT2D eigenvalue weighted by Gasteiger charge is 2.07. The minimum Gasteiger partial charge on any atom is -0.456 e. The van der Waals surface area contributed by atoms with Gasteiger partial charge < -0.3 is 4.74 Å². The van der Waals surface area contributed by atoms with Gasteiger partial charge in [-0.3, -0.25) is 0 Å². The number of hydrogen-bond donors (Lipinski definition) is 0. The van der Waals surface area contributed by atoms with Gasteiger partial charge in [0.05, 0.1) is 0 Å². The molecule has 0 saturated carbocycles. The van der Waals surface area contributed by atoms with Crippen molar-refractivity contribution in [2.24, 2.45) is 0 Å². The zero-order chi connectivity index (χ0) is 13.9. The lowest BCUT2D eigenvalue weighted by Gasteiger charge is -2.12. The molecule has 3 aromatic carbocycles. The lowest BCUT2D eigenvalue weighted by molar-refractivity contribution is 0.484. The Hall–Kier alpha value is -1.51. The molecule has 0 spiro atoms. The minimum absolute atomic E-state index is 0.702. The summed E-state index contributed by atoms with van der Waals surface area (Å²) in [7, 11) is 0. The molecule has 3 rings (SSSR count). The quantitative estimate of drug-likeness (QED) is 0.514. The number of alkyl halides is 1. The summed E-state index contributed by atoms with van der Waals surface area (Å²) in [6.07, 6.45) is 0. The van der Waals surface area contributed by atoms with Crippen LogP contribution >= 0.6 is 27.5 Å². The third kappa shape index (κ3) is 2.67. The van der Waals surface area contributed by atoms with Crippen LogP contribution in [0, 0.1) is 0 Å². The second-order valence-electron chi connectivity index (χ2n) is 4.47. The van der Waals surface area contributed by atoms with Crippen molar-refractivity contribution in [2.75, 3.05) is 0 Å². The van der Waals surface area contributed by atoms with Crippen molar-refractivity contribution in [1.82, 2.24) is 0 Å². The van der Waals surface area contributed by atoms with Gasteiger partial charge in [0.15, 0.2) is 0 Å². The highest BCUT2D eigenvalue weighted by molar-refractivity contribution is 9.08. The monoisotopic (exact) mass is 346 g/mol. The lowest BCUT2D eigenvalue weighted by atomic mass is 10.1. The zero-order valence-corrected chi connectivity index (χ0v) is 13.0. The highest BCUT2D eigenvalue weighted by Crippen LogP contribution is 2.33. The minimum atomic E-state index is 0.702. The van der Waals surface area contributed by atoms with Crippen LogP contribution in [0.25, 0.3) is 10.8 Å². The second-order valence-corrected chi connectivity index (χ2v) is 5.46. The lowest BCUT2D eigenvalue weighted by Crippen LogP contribution is -1.90. The molecule has 0 unspecified atom stereocenters. The SMILES string of the molecule is Clc1ccc(Oc2cccc3ccccc23)c(CBr)c1. The molecule has 0 atom stereocenters. The fourth-order valence-corrected chi connectivity index (χ4v) is 2.79. The molecule has 3 aromatic rings. The molecule has 0 aliphatic rings. The van der Waals surface area contributed by atoms with E-state index in [1.165, 1.54) is 5.39 Å². The van der Waals surface area contributed by atoms with Crippen molar-refractivity contribution in [3.63, 3.8) is 0 Å². The fraction of sp³-hybridized carbons (Fsp3) is 0.0588. The van der Waals surface area contributed by atoms with Crippen molar-refractivity contribution < 1.29 is 4.74 Å². The van der Waals surface area contributed by atoms with Gasteiger partial charge in [0.1, 0.15) is 11.5 Å². The van der Waals surface area contributed by atoms with E-state index in [1.807, 2.05) is 42.5 Å². The van der Waals surface area contributed by atoms with E-state index in [4.69, 9.17) is 16.3 Å². The number of ether oxygens (including phenoxy) is 1. The summed E-state index contributed by atoms with van der Waals surface area (Å²) in [6.45, 7) is 0. The molecule has 0 aliphatic carbocycles. The van der Waals surface area contributed by atoms with Crippen LogP contribution in [0.4, 0.5) is 0 Å². The van der Waals surface area contributed by atoms with Gasteiger partial charge in [0.2, 0.25) is 0 Å². The van der Waals surface area contributed by atoms with Crippen molar-refractivity contribution in [1.29, 1.82) is 0 Å². The maximum atomic E-state index is 6.08. The van der Waals surface area contributed by atoms with Crippen LogP contribution in [0.1, 0.15) is 5.56 Å². The molecule has 0 N–H and O–H groups in total. The van der Waals surface area contributed by atoms with Gasteiger partial charge in [-0.15, -0.1) is 0 Å². The normalized spacial score (nSPS) is 10.7. The summed E-state index contributed by atoms with van der Waals surface area (Å²) in [5.74, 6) is 1.68. The molecule has 100 valence electrons. The Kier molecular flexibility index (Phi) is 3.95. The van der Waals surface area contributed by atoms with Crippen molar-refractivity contribution in [3.05, 3.63) is 71.2 Å². The van der Waals surface area contributed by atoms with Crippen LogP contribution in [0.3, 0.4) is 0 Å². The van der Waals surface area contributed by atoms with E-state index >= 15 is 0 Å². The fourth-order valence-electron chi connectivity index (χ4n) is 2.16. The van der Waals surface area contributed by atoms with Crippen LogP contribution in [0.5, 0.6) is 11.5 Å². The molecule has 0 heterocycles. The summed E-state index contributed by atoms with van der Waals surface area (Å²) >= 11 is 9.48. The molecular formula is C17H12BrClO. The first-order chi connectivity index (χ1) is 9.78. The maximum absolute atomic E-state index is 6.08. The smallest absolute Gasteiger partial charge is 0.135 e. The predicted molar refractivity (Wildman–Crippen MR) is 88.1 cm³/mol. The molecule has 20 heavy (non-hydrogen) atoms. The van der Waals surface area contributed by atoms with Crippen LogP contribution in [-0.4, -0.2) is 0 Å². The Morgan fingerprint density at radius 3 is 2.55 bits per heavy atom. The van der Waals surface area contributed by atoms with Gasteiger partial charge in [0.25, 0.3) is 0 Å². The molecule has 3 heteroatoms. The molecule has 0 amide bonds. The van der Waals surface area contributed by atoms with Crippen molar-refractivity contribution in [3.8, 4) is 11.5 Å². The Bertz CT molecular complexity index is 750. The first kappa shape index (κ1) is 13.5. The van der Waals surface area contributed by atoms with Crippen LogP contribution in [0.15, 0.2) is 60.7 Å². The molecule has 0 bridgehead atoms. The maximum Gasteiger partial charge on any atom is 0.135 e. The molecule has 0 saturated heterocycles. The first-order valence-corrected chi connectivity index (χ1v) is 7.78. The number of hydrogen-bond acceptors (Lipinski definition) is 1. The third-order valence-corrected chi connectivity index (χ3v) is 3.98. The average Bonchev–Trinajstić information content (AvgIpc) is 2.49. The number of halogens is 2. The molecule has 0 radical (unpaired) electrons. The highest BCUT2D eigenvalue weighted by atomic mass is 79.9. The van der Waals surface area contributed by atoms with Gasteiger partial charge in [-0.05, 0) is 29.7 Å². The molecule has 1 nitrogen and oxygen atoms in total. The first-order valence-electron chi connectivity index (χ1n) is 6.28. The van der Waals surface area contributed by atoms with Gasteiger partial charge in [-0.2, -0.15) is 0 Å². The van der Waals surface area contributed by atoms with Crippen molar-refractivity contribution in [2.45, 2.75) is 5.33 Å². The number of fused-ring (bicyclic) bond motifs is 1. The van der Waals surface area contributed by atoms with E-state index in [2.05, 4.69) is 34.1 Å². The molecular weight excluding hydrogens is 336 g/mol. The second kappa shape index (κ2) is 5.86. The summed E-state index contributed by atoms with van der Waals surface area (Å²) in [5.41, 5.74) is 1.03. The summed E-state index contributed by atoms with van der Waals surface area (Å²) < 4.78 is 6.08. The van der Waals surface area contributed by atoms with E-state index in [0.717, 1.165) is 22.4 Å². The van der Waals surface area contributed by atoms with Gasteiger partial charge >= 0.3 is 0 Å². The molecule has 0 aliphatic heterocycles. The predicted octanol–water partition coefficient (Wildman–Crippen LogP) is 6.18. The van der Waals surface area contributed by atoms with Gasteiger partial charge in [0, 0.05) is 21.3 Å². The number of benzene rings is 3. The van der Waals surface area contributed by atoms with Crippen molar-refractivity contribution >= 4 is 38.3 Å². The van der Waals surface area contributed by atoms with E-state index in [0.29, 0.717) is 10.4 Å². The Labute approximate surface area is 131 Å². The standard InChI is InChI=1S/C17H12BrClO/c18-11-13-10-14(19)8-9-16(13)20-17-7-3-5-12-4-1-2-6-15(12)17/h1-10H,11H2. The zero-order valence-electron chi connectivity index (χ0n) is 10.6. The van der Waals surface area contributed by atoms with E-state index < -0.39 is 0 Å². The van der Waals surface area contributed by atoms with E-state index in [9.17, 15) is 0 Å². The molecule has 0 fully saturated rings. The van der Waals surface area contributed by atoms with Crippen LogP contribution in [0.2, 0.25) is 5.02 Å². The Morgan fingerprint density at radius 2 is 1.70 bits per heavy atom. The largest absolute Gasteiger partial charge is 0.456 e. The van der Waals surface area contributed by atoms with Gasteiger partial charge in [-0.1, -0.05) is 63.9 Å². The topological polar surface area (TPSA) is 9.23 Å². The Balaban J connectivity index is 2.05. The van der Waals surface area contributed by atoms with E-state index in [1.54, 1.807) is 0 Å². The average molecular weight is 348 g/mol. The third-order valence-electron chi connectivity index (χ3n) is 3.14. The summed E-state index contributed by atoms with van der Waals surface area (Å²) in [6, 6.07) is 19.9. The molecule has 0 aromatic heterocycles. The van der Waals surface area contributed by atoms with Crippen LogP contribution < -0.4 is 4.74 Å². The Morgan fingerprint density at radius 1 is 0.900 bits per heavy atom. The summed E-state index contributed by atoms with van der Waals surface area (Å²) in [5, 5.41) is 3.68. The van der Waals surface area contributed by atoms with Crippen LogP contribution in [-0.2, 0) is 5.33 Å². The summed E-state index contributed by atoms with van der Waals surface area (Å²) in [4.78, 5) is 0. The van der Waals surface area contributed by atoms with Gasteiger partial charge in [-0.25, -0.2) is 0 Å². The number of rotatable bonds is 3.